The highest BCUT2D eigenvalue weighted by molar-refractivity contribution is 5.80. The molecule has 0 fully saturated rings. The van der Waals surface area contributed by atoms with E-state index in [1.807, 2.05) is 218 Å². The van der Waals surface area contributed by atoms with Crippen molar-refractivity contribution in [2.24, 2.45) is 0 Å². The van der Waals surface area contributed by atoms with Crippen molar-refractivity contribution in [2.45, 2.75) is 0 Å². The third kappa shape index (κ3) is 11.1. The van der Waals surface area contributed by atoms with E-state index in [2.05, 4.69) is 53.3 Å². The van der Waals surface area contributed by atoms with E-state index in [4.69, 9.17) is 33.5 Å². The van der Waals surface area contributed by atoms with Crippen LogP contribution in [0.15, 0.2) is 237 Å². The first-order chi connectivity index (χ1) is 37.0. The van der Waals surface area contributed by atoms with Gasteiger partial charge in [0.15, 0.2) is 0 Å². The lowest BCUT2D eigenvalue weighted by molar-refractivity contribution is 0.438. The normalized spacial score (nSPS) is 10.0. The van der Waals surface area contributed by atoms with Crippen LogP contribution in [0.2, 0.25) is 0 Å². The fourth-order valence-corrected chi connectivity index (χ4v) is 8.47. The van der Waals surface area contributed by atoms with Gasteiger partial charge in [-0.1, -0.05) is 199 Å². The standard InChI is InChI=1S/C72H42O3/c1-4-61-64(55-31-19-10-20-32-55)43-46-70(67(61)40-37-52-25-13-7-14-26-52)73-58-49-59(74-71-47-44-65(56-33-21-11-22-34-56)62(5-2)68(71)41-38-53-27-15-8-16-28-53)51-60(50-58)75-72-48-45-66(57-35-23-12-24-36-57)63(6-3)69(72)42-39-54-29-17-9-18-30-54/h1-3,7-36,43-51H. The molecule has 0 N–H and O–H groups in total. The fourth-order valence-electron chi connectivity index (χ4n) is 8.47. The zero-order chi connectivity index (χ0) is 51.2. The van der Waals surface area contributed by atoms with E-state index in [-0.39, 0.29) is 0 Å². The van der Waals surface area contributed by atoms with Crippen molar-refractivity contribution < 1.29 is 14.2 Å². The van der Waals surface area contributed by atoms with Crippen molar-refractivity contribution in [1.82, 2.24) is 0 Å². The van der Waals surface area contributed by atoms with Crippen LogP contribution in [-0.2, 0) is 0 Å². The maximum atomic E-state index is 6.92. The number of rotatable bonds is 9. The van der Waals surface area contributed by atoms with E-state index >= 15 is 0 Å². The Balaban J connectivity index is 1.15. The maximum Gasteiger partial charge on any atom is 0.144 e. The largest absolute Gasteiger partial charge is 0.456 e. The molecular formula is C72H42O3. The molecule has 10 aromatic carbocycles. The van der Waals surface area contributed by atoms with Crippen molar-refractivity contribution in [3.8, 4) is 140 Å². The van der Waals surface area contributed by atoms with Crippen molar-refractivity contribution >= 4 is 0 Å². The summed E-state index contributed by atoms with van der Waals surface area (Å²) in [6.07, 6.45) is 19.1. The lowest BCUT2D eigenvalue weighted by Crippen LogP contribution is -1.99. The van der Waals surface area contributed by atoms with Gasteiger partial charge < -0.3 is 14.2 Å². The van der Waals surface area contributed by atoms with E-state index in [1.54, 1.807) is 18.2 Å². The topological polar surface area (TPSA) is 27.7 Å². The second kappa shape index (κ2) is 22.8. The van der Waals surface area contributed by atoms with Crippen LogP contribution in [0.3, 0.4) is 0 Å². The van der Waals surface area contributed by atoms with E-state index in [1.165, 1.54) is 0 Å². The summed E-state index contributed by atoms with van der Waals surface area (Å²) in [4.78, 5) is 0. The molecule has 0 amide bonds. The van der Waals surface area contributed by atoms with Gasteiger partial charge in [-0.05, 0) is 106 Å². The highest BCUT2D eigenvalue weighted by Gasteiger charge is 2.20. The third-order valence-electron chi connectivity index (χ3n) is 12.0. The minimum absolute atomic E-state index is 0.352. The van der Waals surface area contributed by atoms with Gasteiger partial charge in [-0.25, -0.2) is 0 Å². The molecule has 348 valence electrons. The Hall–Kier alpha value is -11.0. The molecule has 3 heteroatoms. The van der Waals surface area contributed by atoms with Crippen molar-refractivity contribution in [1.29, 1.82) is 0 Å². The van der Waals surface area contributed by atoms with Gasteiger partial charge in [0, 0.05) is 34.9 Å². The Labute approximate surface area is 439 Å². The number of ether oxygens (including phenoxy) is 3. The molecule has 0 spiro atoms. The maximum absolute atomic E-state index is 6.92. The van der Waals surface area contributed by atoms with Gasteiger partial charge in [0.05, 0.1) is 33.4 Å². The lowest BCUT2D eigenvalue weighted by Gasteiger charge is -2.18. The molecule has 0 heterocycles. The van der Waals surface area contributed by atoms with Crippen LogP contribution in [0.5, 0.6) is 34.5 Å². The van der Waals surface area contributed by atoms with Gasteiger partial charge in [0.1, 0.15) is 34.5 Å². The van der Waals surface area contributed by atoms with Crippen LogP contribution in [0.4, 0.5) is 0 Å². The third-order valence-corrected chi connectivity index (χ3v) is 12.0. The summed E-state index contributed by atoms with van der Waals surface area (Å²) in [5.41, 5.74) is 11.1. The fraction of sp³-hybridized carbons (Fsp3) is 0. The summed E-state index contributed by atoms with van der Waals surface area (Å²) in [5.74, 6) is 31.2. The van der Waals surface area contributed by atoms with Crippen LogP contribution in [-0.4, -0.2) is 0 Å². The van der Waals surface area contributed by atoms with Crippen LogP contribution >= 0.6 is 0 Å². The average molecular weight is 955 g/mol. The summed E-state index contributed by atoms with van der Waals surface area (Å²) < 4.78 is 20.8. The zero-order valence-electron chi connectivity index (χ0n) is 40.5. The first-order valence-electron chi connectivity index (χ1n) is 24.0. The highest BCUT2D eigenvalue weighted by Crippen LogP contribution is 2.42. The Bertz CT molecular complexity index is 3590. The molecule has 75 heavy (non-hydrogen) atoms. The Kier molecular flexibility index (Phi) is 14.5. The molecule has 0 aliphatic heterocycles. The Morgan fingerprint density at radius 3 is 0.720 bits per heavy atom. The molecule has 0 bridgehead atoms. The Morgan fingerprint density at radius 2 is 0.480 bits per heavy atom. The minimum Gasteiger partial charge on any atom is -0.456 e. The van der Waals surface area contributed by atoms with Gasteiger partial charge in [-0.2, -0.15) is 0 Å². The highest BCUT2D eigenvalue weighted by atomic mass is 16.5. The van der Waals surface area contributed by atoms with Gasteiger partial charge in [0.25, 0.3) is 0 Å². The summed E-state index contributed by atoms with van der Waals surface area (Å²) >= 11 is 0. The summed E-state index contributed by atoms with van der Waals surface area (Å²) in [6, 6.07) is 75.8. The number of hydrogen-bond acceptors (Lipinski definition) is 3. The SMILES string of the molecule is C#Cc1c(-c2ccccc2)ccc(Oc2cc(Oc3ccc(-c4ccccc4)c(C#C)c3C#Cc3ccccc3)cc(Oc3ccc(-c4ccccc4)c(C#C)c3C#Cc3ccccc3)c2)c1C#Cc1ccccc1. The van der Waals surface area contributed by atoms with Gasteiger partial charge in [-0.15, -0.1) is 19.3 Å². The summed E-state index contributed by atoms with van der Waals surface area (Å²) in [7, 11) is 0. The van der Waals surface area contributed by atoms with Crippen molar-refractivity contribution in [2.75, 3.05) is 0 Å². The second-order valence-electron chi connectivity index (χ2n) is 16.9. The van der Waals surface area contributed by atoms with Crippen molar-refractivity contribution in [3.63, 3.8) is 0 Å². The van der Waals surface area contributed by atoms with E-state index in [0.29, 0.717) is 67.9 Å². The smallest absolute Gasteiger partial charge is 0.144 e. The Morgan fingerprint density at radius 1 is 0.240 bits per heavy atom. The van der Waals surface area contributed by atoms with Crippen LogP contribution in [0.25, 0.3) is 33.4 Å². The molecule has 0 unspecified atom stereocenters. The molecule has 0 saturated heterocycles. The first-order valence-corrected chi connectivity index (χ1v) is 24.0. The molecule has 0 aromatic heterocycles. The summed E-state index contributed by atoms with van der Waals surface area (Å²) in [6.45, 7) is 0. The van der Waals surface area contributed by atoms with E-state index in [9.17, 15) is 0 Å². The van der Waals surface area contributed by atoms with Crippen molar-refractivity contribution in [3.05, 3.63) is 287 Å². The van der Waals surface area contributed by atoms with E-state index < -0.39 is 0 Å². The predicted molar refractivity (Wildman–Crippen MR) is 303 cm³/mol. The number of terminal acetylenes is 3. The minimum atomic E-state index is 0.352. The number of benzene rings is 10. The second-order valence-corrected chi connectivity index (χ2v) is 16.9. The molecule has 0 radical (unpaired) electrons. The molecule has 0 aliphatic carbocycles. The monoisotopic (exact) mass is 954 g/mol. The predicted octanol–water partition coefficient (Wildman–Crippen LogP) is 16.2. The molecule has 10 rings (SSSR count). The zero-order valence-corrected chi connectivity index (χ0v) is 40.5. The molecule has 10 aromatic rings. The molecule has 0 aliphatic rings. The molecule has 3 nitrogen and oxygen atoms in total. The van der Waals surface area contributed by atoms with Crippen LogP contribution in [0, 0.1) is 72.6 Å². The molecular weight excluding hydrogens is 913 g/mol. The van der Waals surface area contributed by atoms with Gasteiger partial charge in [-0.3, -0.25) is 0 Å². The molecule has 0 atom stereocenters. The van der Waals surface area contributed by atoms with Gasteiger partial charge >= 0.3 is 0 Å². The van der Waals surface area contributed by atoms with E-state index in [0.717, 1.165) is 50.1 Å². The average Bonchev–Trinajstić information content (AvgIpc) is 3.47. The van der Waals surface area contributed by atoms with Crippen LogP contribution in [0.1, 0.15) is 50.1 Å². The van der Waals surface area contributed by atoms with Crippen LogP contribution < -0.4 is 14.2 Å². The quantitative estimate of drug-likeness (QED) is 0.135. The first kappa shape index (κ1) is 47.6. The summed E-state index contributed by atoms with van der Waals surface area (Å²) in [5, 5.41) is 0. The number of hydrogen-bond donors (Lipinski definition) is 0. The molecule has 0 saturated carbocycles. The lowest BCUT2D eigenvalue weighted by atomic mass is 9.95. The van der Waals surface area contributed by atoms with Gasteiger partial charge in [0.2, 0.25) is 0 Å².